The smallest absolute Gasteiger partial charge is 0.166 e. The molecule has 0 saturated carbocycles. The van der Waals surface area contributed by atoms with Gasteiger partial charge in [0.15, 0.2) is 11.6 Å². The zero-order chi connectivity index (χ0) is 12.4. The number of halogens is 2. The van der Waals surface area contributed by atoms with Crippen molar-refractivity contribution >= 4 is 21.6 Å². The Bertz CT molecular complexity index is 557. The van der Waals surface area contributed by atoms with Crippen LogP contribution in [0.5, 0.6) is 11.5 Å². The number of rotatable bonds is 2. The lowest BCUT2D eigenvalue weighted by atomic mass is 10.2. The summed E-state index contributed by atoms with van der Waals surface area (Å²) in [5, 5.41) is 0. The third-order valence-electron chi connectivity index (χ3n) is 2.36. The Morgan fingerprint density at radius 1 is 1.18 bits per heavy atom. The minimum atomic E-state index is -0.408. The summed E-state index contributed by atoms with van der Waals surface area (Å²) in [6.07, 6.45) is 0. The molecule has 0 aliphatic rings. The Labute approximate surface area is 107 Å². The highest BCUT2D eigenvalue weighted by molar-refractivity contribution is 9.10. The molecule has 2 aromatic carbocycles. The summed E-state index contributed by atoms with van der Waals surface area (Å²) >= 11 is 3.19. The molecule has 0 atom stereocenters. The second-order valence-electron chi connectivity index (χ2n) is 3.70. The maximum atomic E-state index is 13.5. The molecule has 0 radical (unpaired) electrons. The Kier molecular flexibility index (Phi) is 3.33. The molecule has 0 fully saturated rings. The van der Waals surface area contributed by atoms with Crippen molar-refractivity contribution in [2.75, 3.05) is 5.73 Å². The molecule has 0 aromatic heterocycles. The summed E-state index contributed by atoms with van der Waals surface area (Å²) in [5.41, 5.74) is 7.29. The average Bonchev–Trinajstić information content (AvgIpc) is 2.27. The summed E-state index contributed by atoms with van der Waals surface area (Å²) in [6, 6.07) is 9.88. The van der Waals surface area contributed by atoms with Gasteiger partial charge in [-0.15, -0.1) is 0 Å². The predicted molar refractivity (Wildman–Crippen MR) is 69.8 cm³/mol. The molecule has 0 spiro atoms. The van der Waals surface area contributed by atoms with E-state index in [1.54, 1.807) is 30.3 Å². The van der Waals surface area contributed by atoms with Crippen molar-refractivity contribution in [3.63, 3.8) is 0 Å². The minimum absolute atomic E-state index is 0.192. The van der Waals surface area contributed by atoms with Crippen LogP contribution in [0.1, 0.15) is 5.56 Å². The van der Waals surface area contributed by atoms with Crippen molar-refractivity contribution in [1.29, 1.82) is 0 Å². The van der Waals surface area contributed by atoms with Gasteiger partial charge in [0.05, 0.1) is 0 Å². The third-order valence-corrected chi connectivity index (χ3v) is 2.86. The van der Waals surface area contributed by atoms with E-state index in [0.29, 0.717) is 15.9 Å². The van der Waals surface area contributed by atoms with Crippen LogP contribution in [0.3, 0.4) is 0 Å². The molecule has 0 heterocycles. The molecule has 2 N–H and O–H groups in total. The number of nitrogen functional groups attached to an aromatic ring is 1. The summed E-state index contributed by atoms with van der Waals surface area (Å²) in [4.78, 5) is 0. The third kappa shape index (κ3) is 2.77. The molecule has 2 nitrogen and oxygen atoms in total. The van der Waals surface area contributed by atoms with Gasteiger partial charge in [-0.1, -0.05) is 15.9 Å². The lowest BCUT2D eigenvalue weighted by Crippen LogP contribution is -1.92. The van der Waals surface area contributed by atoms with E-state index in [1.807, 2.05) is 6.92 Å². The number of aryl methyl sites for hydroxylation is 1. The molecule has 88 valence electrons. The molecule has 0 amide bonds. The van der Waals surface area contributed by atoms with Gasteiger partial charge in [0.25, 0.3) is 0 Å². The topological polar surface area (TPSA) is 35.2 Å². The van der Waals surface area contributed by atoms with Gasteiger partial charge < -0.3 is 10.5 Å². The van der Waals surface area contributed by atoms with Crippen LogP contribution in [0.2, 0.25) is 0 Å². The number of anilines is 1. The quantitative estimate of drug-likeness (QED) is 0.840. The molecule has 0 unspecified atom stereocenters. The van der Waals surface area contributed by atoms with Crippen LogP contribution in [0.4, 0.5) is 10.1 Å². The van der Waals surface area contributed by atoms with Gasteiger partial charge in [-0.25, -0.2) is 4.39 Å². The molecule has 17 heavy (non-hydrogen) atoms. The van der Waals surface area contributed by atoms with E-state index in [1.165, 1.54) is 6.07 Å². The van der Waals surface area contributed by atoms with E-state index >= 15 is 0 Å². The molecule has 4 heteroatoms. The van der Waals surface area contributed by atoms with Gasteiger partial charge in [-0.05, 0) is 48.9 Å². The van der Waals surface area contributed by atoms with Crippen molar-refractivity contribution in [2.45, 2.75) is 6.92 Å². The number of nitrogens with two attached hydrogens (primary N) is 1. The average molecular weight is 296 g/mol. The van der Waals surface area contributed by atoms with Gasteiger partial charge in [0.1, 0.15) is 5.75 Å². The molecule has 0 aliphatic carbocycles. The Morgan fingerprint density at radius 3 is 2.59 bits per heavy atom. The van der Waals surface area contributed by atoms with E-state index in [-0.39, 0.29) is 5.75 Å². The molecular weight excluding hydrogens is 285 g/mol. The Balaban J connectivity index is 2.28. The van der Waals surface area contributed by atoms with Crippen molar-refractivity contribution in [2.24, 2.45) is 0 Å². The highest BCUT2D eigenvalue weighted by atomic mass is 79.9. The van der Waals surface area contributed by atoms with Gasteiger partial charge in [0, 0.05) is 10.2 Å². The summed E-state index contributed by atoms with van der Waals surface area (Å²) in [5.74, 6) is 0.351. The number of ether oxygens (including phenoxy) is 1. The standard InChI is InChI=1S/C13H11BrFNO/c1-8-6-10(3-4-12(8)16)17-13-5-2-9(14)7-11(13)15/h2-7H,16H2,1H3. The first-order chi connectivity index (χ1) is 8.06. The van der Waals surface area contributed by atoms with Gasteiger partial charge in [-0.3, -0.25) is 0 Å². The molecular formula is C13H11BrFNO. The van der Waals surface area contributed by atoms with Crippen LogP contribution in [0.15, 0.2) is 40.9 Å². The fourth-order valence-corrected chi connectivity index (χ4v) is 1.73. The molecule has 2 rings (SSSR count). The SMILES string of the molecule is Cc1cc(Oc2ccc(Br)cc2F)ccc1N. The van der Waals surface area contributed by atoms with Crippen molar-refractivity contribution in [3.05, 3.63) is 52.3 Å². The first-order valence-corrected chi connectivity index (χ1v) is 5.84. The highest BCUT2D eigenvalue weighted by Crippen LogP contribution is 2.28. The van der Waals surface area contributed by atoms with E-state index in [0.717, 1.165) is 5.56 Å². The van der Waals surface area contributed by atoms with Crippen LogP contribution in [-0.2, 0) is 0 Å². The van der Waals surface area contributed by atoms with Crippen LogP contribution >= 0.6 is 15.9 Å². The van der Waals surface area contributed by atoms with Crippen molar-refractivity contribution < 1.29 is 9.13 Å². The predicted octanol–water partition coefficient (Wildman–Crippen LogP) is 4.27. The Morgan fingerprint density at radius 2 is 1.94 bits per heavy atom. The van der Waals surface area contributed by atoms with E-state index in [2.05, 4.69) is 15.9 Å². The zero-order valence-electron chi connectivity index (χ0n) is 9.21. The fraction of sp³-hybridized carbons (Fsp3) is 0.0769. The Hall–Kier alpha value is -1.55. The second kappa shape index (κ2) is 4.75. The molecule has 0 saturated heterocycles. The fourth-order valence-electron chi connectivity index (χ4n) is 1.40. The summed E-state index contributed by atoms with van der Waals surface area (Å²) in [6.45, 7) is 1.88. The van der Waals surface area contributed by atoms with Crippen LogP contribution in [0, 0.1) is 12.7 Å². The van der Waals surface area contributed by atoms with Gasteiger partial charge in [0.2, 0.25) is 0 Å². The lowest BCUT2D eigenvalue weighted by Gasteiger charge is -2.08. The molecule has 0 bridgehead atoms. The summed E-state index contributed by atoms with van der Waals surface area (Å²) < 4.78 is 19.7. The van der Waals surface area contributed by atoms with Gasteiger partial charge in [-0.2, -0.15) is 0 Å². The zero-order valence-corrected chi connectivity index (χ0v) is 10.8. The summed E-state index contributed by atoms with van der Waals surface area (Å²) in [7, 11) is 0. The maximum absolute atomic E-state index is 13.5. The van der Waals surface area contributed by atoms with Crippen molar-refractivity contribution in [1.82, 2.24) is 0 Å². The lowest BCUT2D eigenvalue weighted by molar-refractivity contribution is 0.442. The number of benzene rings is 2. The molecule has 2 aromatic rings. The first-order valence-electron chi connectivity index (χ1n) is 5.05. The minimum Gasteiger partial charge on any atom is -0.454 e. The van der Waals surface area contributed by atoms with E-state index in [9.17, 15) is 4.39 Å². The van der Waals surface area contributed by atoms with Crippen LogP contribution in [0.25, 0.3) is 0 Å². The normalized spacial score (nSPS) is 10.3. The van der Waals surface area contributed by atoms with Gasteiger partial charge >= 0.3 is 0 Å². The maximum Gasteiger partial charge on any atom is 0.166 e. The number of hydrogen-bond acceptors (Lipinski definition) is 2. The molecule has 0 aliphatic heterocycles. The van der Waals surface area contributed by atoms with E-state index in [4.69, 9.17) is 10.5 Å². The van der Waals surface area contributed by atoms with Crippen LogP contribution < -0.4 is 10.5 Å². The second-order valence-corrected chi connectivity index (χ2v) is 4.61. The number of hydrogen-bond donors (Lipinski definition) is 1. The van der Waals surface area contributed by atoms with Crippen LogP contribution in [-0.4, -0.2) is 0 Å². The van der Waals surface area contributed by atoms with E-state index < -0.39 is 5.82 Å². The largest absolute Gasteiger partial charge is 0.454 e. The van der Waals surface area contributed by atoms with Crippen molar-refractivity contribution in [3.8, 4) is 11.5 Å². The monoisotopic (exact) mass is 295 g/mol. The highest BCUT2D eigenvalue weighted by Gasteiger charge is 2.06. The first kappa shape index (κ1) is 11.9.